The maximum absolute atomic E-state index is 11.9. The Morgan fingerprint density at radius 3 is 2.32 bits per heavy atom. The van der Waals surface area contributed by atoms with Crippen LogP contribution in [-0.4, -0.2) is 56.0 Å². The largest absolute Gasteiger partial charge is 0.408 e. The topological polar surface area (TPSA) is 66.4 Å². The van der Waals surface area contributed by atoms with Crippen molar-refractivity contribution in [3.8, 4) is 0 Å². The quantitative estimate of drug-likeness (QED) is 0.328. The van der Waals surface area contributed by atoms with Crippen LogP contribution >= 0.6 is 0 Å². The summed E-state index contributed by atoms with van der Waals surface area (Å²) in [4.78, 5) is 0. The van der Waals surface area contributed by atoms with Crippen LogP contribution in [-0.2, 0) is 30.0 Å². The summed E-state index contributed by atoms with van der Waals surface area (Å²) in [5, 5.41) is 11.9. The maximum atomic E-state index is 11.9. The van der Waals surface area contributed by atoms with Gasteiger partial charge in [0.2, 0.25) is 0 Å². The molecule has 1 aromatic carbocycles. The predicted molar refractivity (Wildman–Crippen MR) is 136 cm³/mol. The highest BCUT2D eigenvalue weighted by atomic mass is 28.4. The van der Waals surface area contributed by atoms with Gasteiger partial charge < -0.3 is 28.5 Å². The molecular weight excluding hydrogens is 448 g/mol. The number of aliphatic hydroxyl groups is 1. The zero-order valence-corrected chi connectivity index (χ0v) is 23.4. The van der Waals surface area contributed by atoms with Crippen molar-refractivity contribution in [1.82, 2.24) is 0 Å². The molecule has 0 spiro atoms. The van der Waals surface area contributed by atoms with Crippen LogP contribution in [0.25, 0.3) is 0 Å². The third kappa shape index (κ3) is 6.49. The van der Waals surface area contributed by atoms with E-state index in [9.17, 15) is 5.11 Å². The lowest BCUT2D eigenvalue weighted by Gasteiger charge is -2.41. The second kappa shape index (κ2) is 10.7. The zero-order valence-electron chi connectivity index (χ0n) is 22.4. The number of unbranched alkanes of at least 4 members (excludes halogenated alkanes) is 2. The minimum atomic E-state index is -2.22. The Balaban J connectivity index is 1.93. The van der Waals surface area contributed by atoms with E-state index in [2.05, 4.69) is 40.8 Å². The molecule has 2 aliphatic heterocycles. The Bertz CT molecular complexity index is 777. The van der Waals surface area contributed by atoms with E-state index in [0.717, 1.165) is 24.8 Å². The van der Waals surface area contributed by atoms with E-state index in [4.69, 9.17) is 23.4 Å². The van der Waals surface area contributed by atoms with E-state index in [1.165, 1.54) is 0 Å². The molecule has 0 saturated carbocycles. The lowest BCUT2D eigenvalue weighted by atomic mass is 9.97. The third-order valence-electron chi connectivity index (χ3n) is 7.45. The molecule has 0 aliphatic carbocycles. The molecule has 1 aromatic rings. The average molecular weight is 495 g/mol. The predicted octanol–water partition coefficient (Wildman–Crippen LogP) is 5.78. The third-order valence-corrected chi connectivity index (χ3v) is 11.9. The van der Waals surface area contributed by atoms with Gasteiger partial charge in [-0.15, -0.1) is 0 Å². The first kappa shape index (κ1) is 27.8. The second-order valence-corrected chi connectivity index (χ2v) is 16.6. The summed E-state index contributed by atoms with van der Waals surface area (Å²) in [5.41, 5.74) is 1.05. The number of ether oxygens (including phenoxy) is 4. The van der Waals surface area contributed by atoms with E-state index in [-0.39, 0.29) is 11.1 Å². The first-order valence-electron chi connectivity index (χ1n) is 12.8. The van der Waals surface area contributed by atoms with E-state index < -0.39 is 38.2 Å². The molecule has 2 aliphatic rings. The first-order valence-corrected chi connectivity index (χ1v) is 15.7. The standard InChI is InChI=1S/C27H46O6Si/c1-9-10-14-17-27(28)24(29-18-20-15-12-11-13-16-20)23(33-34(7,8)25(2,3)4)22(32-27)21-19-30-26(5,6)31-21/h11-13,15-16,21-24,28H,9-10,14,17-19H2,1-8H3/t21-,22+,23+,24-,27?/m0/s1. The summed E-state index contributed by atoms with van der Waals surface area (Å²) in [6, 6.07) is 10.0. The fourth-order valence-corrected chi connectivity index (χ4v) is 5.72. The van der Waals surface area contributed by atoms with Crippen LogP contribution in [0.15, 0.2) is 30.3 Å². The molecule has 2 saturated heterocycles. The molecule has 0 bridgehead atoms. The Hall–Kier alpha value is -0.803. The van der Waals surface area contributed by atoms with Gasteiger partial charge in [0, 0.05) is 6.42 Å². The van der Waals surface area contributed by atoms with Gasteiger partial charge in [0.15, 0.2) is 19.9 Å². The Kier molecular flexibility index (Phi) is 8.72. The van der Waals surface area contributed by atoms with Crippen molar-refractivity contribution >= 4 is 8.32 Å². The molecule has 5 atom stereocenters. The molecule has 194 valence electrons. The lowest BCUT2D eigenvalue weighted by Crippen LogP contribution is -2.53. The highest BCUT2D eigenvalue weighted by molar-refractivity contribution is 6.74. The number of hydrogen-bond acceptors (Lipinski definition) is 6. The Morgan fingerprint density at radius 1 is 1.09 bits per heavy atom. The fraction of sp³-hybridized carbons (Fsp3) is 0.778. The van der Waals surface area contributed by atoms with Crippen molar-refractivity contribution in [2.45, 2.75) is 128 Å². The van der Waals surface area contributed by atoms with Gasteiger partial charge in [0.25, 0.3) is 0 Å². The molecule has 1 N–H and O–H groups in total. The summed E-state index contributed by atoms with van der Waals surface area (Å²) in [5.74, 6) is -2.14. The molecule has 0 radical (unpaired) electrons. The smallest absolute Gasteiger partial charge is 0.195 e. The molecule has 3 rings (SSSR count). The minimum Gasteiger partial charge on any atom is -0.408 e. The van der Waals surface area contributed by atoms with Gasteiger partial charge in [-0.05, 0) is 44.0 Å². The number of benzene rings is 1. The highest BCUT2D eigenvalue weighted by Gasteiger charge is 2.61. The van der Waals surface area contributed by atoms with Crippen molar-refractivity contribution < 1.29 is 28.5 Å². The Labute approximate surface area is 207 Å². The van der Waals surface area contributed by atoms with Crippen LogP contribution < -0.4 is 0 Å². The van der Waals surface area contributed by atoms with Crippen molar-refractivity contribution in [3.05, 3.63) is 35.9 Å². The summed E-state index contributed by atoms with van der Waals surface area (Å²) in [7, 11) is -2.22. The molecule has 2 fully saturated rings. The van der Waals surface area contributed by atoms with E-state index in [1.807, 2.05) is 44.2 Å². The van der Waals surface area contributed by atoms with Crippen LogP contribution in [0.1, 0.15) is 72.8 Å². The average Bonchev–Trinajstić information content (AvgIpc) is 3.23. The van der Waals surface area contributed by atoms with Crippen LogP contribution in [0.5, 0.6) is 0 Å². The fourth-order valence-electron chi connectivity index (χ4n) is 4.42. The summed E-state index contributed by atoms with van der Waals surface area (Å²) in [6.07, 6.45) is 1.51. The summed E-state index contributed by atoms with van der Waals surface area (Å²) >= 11 is 0. The molecular formula is C27H46O6Si. The van der Waals surface area contributed by atoms with Gasteiger partial charge in [0.1, 0.15) is 24.4 Å². The number of hydrogen-bond donors (Lipinski definition) is 1. The van der Waals surface area contributed by atoms with E-state index >= 15 is 0 Å². The molecule has 0 amide bonds. The van der Waals surface area contributed by atoms with Crippen molar-refractivity contribution in [2.75, 3.05) is 6.61 Å². The molecule has 6 nitrogen and oxygen atoms in total. The van der Waals surface area contributed by atoms with Crippen molar-refractivity contribution in [3.63, 3.8) is 0 Å². The first-order chi connectivity index (χ1) is 15.8. The van der Waals surface area contributed by atoms with Gasteiger partial charge in [-0.2, -0.15) is 0 Å². The molecule has 1 unspecified atom stereocenters. The van der Waals surface area contributed by atoms with E-state index in [1.54, 1.807) is 0 Å². The molecule has 34 heavy (non-hydrogen) atoms. The van der Waals surface area contributed by atoms with Crippen LogP contribution in [0.2, 0.25) is 18.1 Å². The second-order valence-electron chi connectivity index (χ2n) is 11.8. The lowest BCUT2D eigenvalue weighted by molar-refractivity contribution is -0.254. The van der Waals surface area contributed by atoms with Gasteiger partial charge in [0.05, 0.1) is 13.2 Å². The Morgan fingerprint density at radius 2 is 1.76 bits per heavy atom. The molecule has 0 aromatic heterocycles. The minimum absolute atomic E-state index is 0.00322. The normalized spacial score (nSPS) is 31.8. The van der Waals surface area contributed by atoms with Gasteiger partial charge >= 0.3 is 0 Å². The SMILES string of the molecule is CCCCCC1(O)O[C@H]([C@@H]2COC(C)(C)O2)[C@@H](O[Si](C)(C)C(C)(C)C)[C@@H]1OCc1ccccc1. The maximum Gasteiger partial charge on any atom is 0.195 e. The number of rotatable bonds is 10. The van der Waals surface area contributed by atoms with Gasteiger partial charge in [-0.25, -0.2) is 0 Å². The van der Waals surface area contributed by atoms with Crippen molar-refractivity contribution in [1.29, 1.82) is 0 Å². The van der Waals surface area contributed by atoms with E-state index in [0.29, 0.717) is 19.6 Å². The highest BCUT2D eigenvalue weighted by Crippen LogP contribution is 2.45. The van der Waals surface area contributed by atoms with Crippen LogP contribution in [0.3, 0.4) is 0 Å². The van der Waals surface area contributed by atoms with Crippen LogP contribution in [0.4, 0.5) is 0 Å². The summed E-state index contributed by atoms with van der Waals surface area (Å²) in [6.45, 7) is 17.8. The molecule has 2 heterocycles. The van der Waals surface area contributed by atoms with Gasteiger partial charge in [-0.1, -0.05) is 70.9 Å². The van der Waals surface area contributed by atoms with Crippen molar-refractivity contribution in [2.24, 2.45) is 0 Å². The van der Waals surface area contributed by atoms with Crippen LogP contribution in [0, 0.1) is 0 Å². The van der Waals surface area contributed by atoms with Gasteiger partial charge in [-0.3, -0.25) is 0 Å². The monoisotopic (exact) mass is 494 g/mol. The summed E-state index contributed by atoms with van der Waals surface area (Å²) < 4.78 is 32.0. The molecule has 7 heteroatoms. The zero-order chi connectivity index (χ0) is 25.2.